The SMILES string of the molecule is COc1cc(CN(C)c2ccccc2)ccc1C#N. The molecule has 0 atom stereocenters. The van der Waals surface area contributed by atoms with Crippen molar-refractivity contribution in [3.63, 3.8) is 0 Å². The van der Waals surface area contributed by atoms with Crippen molar-refractivity contribution < 1.29 is 4.74 Å². The van der Waals surface area contributed by atoms with Crippen LogP contribution in [0.5, 0.6) is 5.75 Å². The molecule has 0 saturated carbocycles. The maximum Gasteiger partial charge on any atom is 0.136 e. The Morgan fingerprint density at radius 1 is 1.16 bits per heavy atom. The molecule has 0 unspecified atom stereocenters. The molecular formula is C16H16N2O. The number of nitriles is 1. The van der Waals surface area contributed by atoms with E-state index in [2.05, 4.69) is 23.1 Å². The highest BCUT2D eigenvalue weighted by molar-refractivity contribution is 5.49. The molecule has 0 aliphatic heterocycles. The monoisotopic (exact) mass is 252 g/mol. The maximum atomic E-state index is 8.96. The van der Waals surface area contributed by atoms with Crippen LogP contribution in [0.25, 0.3) is 0 Å². The zero-order valence-corrected chi connectivity index (χ0v) is 11.1. The summed E-state index contributed by atoms with van der Waals surface area (Å²) in [5.41, 5.74) is 2.83. The van der Waals surface area contributed by atoms with E-state index in [0.717, 1.165) is 17.8 Å². The normalized spacial score (nSPS) is 9.74. The minimum Gasteiger partial charge on any atom is -0.495 e. The minimum absolute atomic E-state index is 0.564. The summed E-state index contributed by atoms with van der Waals surface area (Å²) in [7, 11) is 3.63. The molecule has 0 heterocycles. The largest absolute Gasteiger partial charge is 0.495 e. The van der Waals surface area contributed by atoms with Gasteiger partial charge in [0.2, 0.25) is 0 Å². The van der Waals surface area contributed by atoms with Gasteiger partial charge in [-0.25, -0.2) is 0 Å². The summed E-state index contributed by atoms with van der Waals surface area (Å²) in [6.45, 7) is 0.770. The Bertz CT molecular complexity index is 587. The van der Waals surface area contributed by atoms with Gasteiger partial charge in [0.15, 0.2) is 0 Å². The van der Waals surface area contributed by atoms with Gasteiger partial charge >= 0.3 is 0 Å². The lowest BCUT2D eigenvalue weighted by atomic mass is 10.1. The van der Waals surface area contributed by atoms with Crippen LogP contribution in [0.1, 0.15) is 11.1 Å². The minimum atomic E-state index is 0.564. The van der Waals surface area contributed by atoms with E-state index in [1.54, 1.807) is 13.2 Å². The third-order valence-electron chi connectivity index (χ3n) is 3.00. The predicted octanol–water partition coefficient (Wildman–Crippen LogP) is 3.20. The van der Waals surface area contributed by atoms with E-state index in [1.807, 2.05) is 37.4 Å². The lowest BCUT2D eigenvalue weighted by Crippen LogP contribution is -2.16. The first-order valence-electron chi connectivity index (χ1n) is 6.08. The molecule has 2 aromatic carbocycles. The number of ether oxygens (including phenoxy) is 1. The number of para-hydroxylation sites is 1. The number of anilines is 1. The first-order valence-corrected chi connectivity index (χ1v) is 6.08. The molecule has 19 heavy (non-hydrogen) atoms. The van der Waals surface area contributed by atoms with E-state index >= 15 is 0 Å². The number of methoxy groups -OCH3 is 1. The first kappa shape index (κ1) is 13.0. The topological polar surface area (TPSA) is 36.3 Å². The van der Waals surface area contributed by atoms with Crippen LogP contribution in [0.15, 0.2) is 48.5 Å². The third-order valence-corrected chi connectivity index (χ3v) is 3.00. The zero-order chi connectivity index (χ0) is 13.7. The molecule has 3 heteroatoms. The summed E-state index contributed by atoms with van der Waals surface area (Å²) >= 11 is 0. The van der Waals surface area contributed by atoms with Crippen molar-refractivity contribution in [2.75, 3.05) is 19.1 Å². The van der Waals surface area contributed by atoms with Crippen LogP contribution in [-0.2, 0) is 6.54 Å². The van der Waals surface area contributed by atoms with Crippen LogP contribution < -0.4 is 9.64 Å². The van der Waals surface area contributed by atoms with E-state index in [-0.39, 0.29) is 0 Å². The molecule has 3 nitrogen and oxygen atoms in total. The third kappa shape index (κ3) is 3.05. The summed E-state index contributed by atoms with van der Waals surface area (Å²) in [6.07, 6.45) is 0. The molecule has 0 aliphatic carbocycles. The molecule has 0 aliphatic rings. The Morgan fingerprint density at radius 3 is 2.53 bits per heavy atom. The summed E-state index contributed by atoms with van der Waals surface area (Å²) in [4.78, 5) is 2.15. The highest BCUT2D eigenvalue weighted by Crippen LogP contribution is 2.21. The fourth-order valence-electron chi connectivity index (χ4n) is 1.97. The standard InChI is InChI=1S/C16H16N2O/c1-18(15-6-4-3-5-7-15)12-13-8-9-14(11-17)16(10-13)19-2/h3-10H,12H2,1-2H3. The molecule has 96 valence electrons. The molecule has 0 saturated heterocycles. The summed E-state index contributed by atoms with van der Waals surface area (Å²) in [6, 6.07) is 18.0. The van der Waals surface area contributed by atoms with Crippen molar-refractivity contribution in [3.8, 4) is 11.8 Å². The van der Waals surface area contributed by atoms with Gasteiger partial charge in [-0.05, 0) is 29.8 Å². The van der Waals surface area contributed by atoms with Gasteiger partial charge in [-0.15, -0.1) is 0 Å². The number of hydrogen-bond donors (Lipinski definition) is 0. The van der Waals surface area contributed by atoms with Crippen LogP contribution in [0.4, 0.5) is 5.69 Å². The quantitative estimate of drug-likeness (QED) is 0.838. The molecule has 2 aromatic rings. The maximum absolute atomic E-state index is 8.96. The highest BCUT2D eigenvalue weighted by Gasteiger charge is 2.06. The van der Waals surface area contributed by atoms with Gasteiger partial charge in [-0.1, -0.05) is 24.3 Å². The Kier molecular flexibility index (Phi) is 4.04. The van der Waals surface area contributed by atoms with Gasteiger partial charge in [0.05, 0.1) is 12.7 Å². The van der Waals surface area contributed by atoms with Crippen LogP contribution in [0.3, 0.4) is 0 Å². The Hall–Kier alpha value is -2.47. The van der Waals surface area contributed by atoms with Crippen molar-refractivity contribution in [3.05, 3.63) is 59.7 Å². The molecule has 0 radical (unpaired) electrons. The van der Waals surface area contributed by atoms with E-state index in [1.165, 1.54) is 0 Å². The number of rotatable bonds is 4. The molecule has 0 amide bonds. The smallest absolute Gasteiger partial charge is 0.136 e. The lowest BCUT2D eigenvalue weighted by molar-refractivity contribution is 0.413. The molecule has 2 rings (SSSR count). The zero-order valence-electron chi connectivity index (χ0n) is 11.1. The fourth-order valence-corrected chi connectivity index (χ4v) is 1.97. The molecule has 0 aromatic heterocycles. The van der Waals surface area contributed by atoms with E-state index < -0.39 is 0 Å². The molecule has 0 spiro atoms. The Labute approximate surface area is 113 Å². The van der Waals surface area contributed by atoms with Crippen molar-refractivity contribution in [1.82, 2.24) is 0 Å². The number of hydrogen-bond acceptors (Lipinski definition) is 3. The summed E-state index contributed by atoms with van der Waals surface area (Å²) in [5.74, 6) is 0.626. The van der Waals surface area contributed by atoms with E-state index in [0.29, 0.717) is 11.3 Å². The van der Waals surface area contributed by atoms with Crippen molar-refractivity contribution in [1.29, 1.82) is 5.26 Å². The first-order chi connectivity index (χ1) is 9.24. The molecule has 0 fully saturated rings. The molecule has 0 bridgehead atoms. The summed E-state index contributed by atoms with van der Waals surface area (Å²) < 4.78 is 5.22. The second-order valence-corrected chi connectivity index (χ2v) is 4.34. The van der Waals surface area contributed by atoms with Gasteiger partial charge in [0.1, 0.15) is 11.8 Å². The second-order valence-electron chi connectivity index (χ2n) is 4.34. The Balaban J connectivity index is 2.18. The van der Waals surface area contributed by atoms with Crippen LogP contribution in [0, 0.1) is 11.3 Å². The van der Waals surface area contributed by atoms with Gasteiger partial charge in [-0.3, -0.25) is 0 Å². The average Bonchev–Trinajstić information content (AvgIpc) is 2.48. The number of nitrogens with zero attached hydrogens (tertiary/aromatic N) is 2. The van der Waals surface area contributed by atoms with Crippen molar-refractivity contribution in [2.24, 2.45) is 0 Å². The fraction of sp³-hybridized carbons (Fsp3) is 0.188. The van der Waals surface area contributed by atoms with Gasteiger partial charge in [-0.2, -0.15) is 5.26 Å². The number of benzene rings is 2. The lowest BCUT2D eigenvalue weighted by Gasteiger charge is -2.19. The van der Waals surface area contributed by atoms with E-state index in [9.17, 15) is 0 Å². The van der Waals surface area contributed by atoms with Crippen LogP contribution >= 0.6 is 0 Å². The van der Waals surface area contributed by atoms with Gasteiger partial charge in [0, 0.05) is 19.3 Å². The average molecular weight is 252 g/mol. The van der Waals surface area contributed by atoms with Crippen molar-refractivity contribution >= 4 is 5.69 Å². The van der Waals surface area contributed by atoms with Gasteiger partial charge in [0.25, 0.3) is 0 Å². The molecule has 0 N–H and O–H groups in total. The second kappa shape index (κ2) is 5.92. The molecular weight excluding hydrogens is 236 g/mol. The Morgan fingerprint density at radius 2 is 1.89 bits per heavy atom. The van der Waals surface area contributed by atoms with Crippen LogP contribution in [-0.4, -0.2) is 14.2 Å². The van der Waals surface area contributed by atoms with Gasteiger partial charge < -0.3 is 9.64 Å². The van der Waals surface area contributed by atoms with Crippen molar-refractivity contribution in [2.45, 2.75) is 6.54 Å². The summed E-state index contributed by atoms with van der Waals surface area (Å²) in [5, 5.41) is 8.96. The predicted molar refractivity (Wildman–Crippen MR) is 76.3 cm³/mol. The van der Waals surface area contributed by atoms with Crippen LogP contribution in [0.2, 0.25) is 0 Å². The van der Waals surface area contributed by atoms with E-state index in [4.69, 9.17) is 10.00 Å². The highest BCUT2D eigenvalue weighted by atomic mass is 16.5.